The molecule has 0 bridgehead atoms. The van der Waals surface area contributed by atoms with Crippen molar-refractivity contribution in [1.82, 2.24) is 0 Å². The van der Waals surface area contributed by atoms with Crippen LogP contribution in [0.2, 0.25) is 0 Å². The van der Waals surface area contributed by atoms with Crippen molar-refractivity contribution >= 4 is 0 Å². The lowest BCUT2D eigenvalue weighted by molar-refractivity contribution is 0.952. The highest BCUT2D eigenvalue weighted by Crippen LogP contribution is 2.16. The molecule has 0 aromatic rings. The molecule has 0 unspecified atom stereocenters. The zero-order valence-corrected chi connectivity index (χ0v) is 5.85. The summed E-state index contributed by atoms with van der Waals surface area (Å²) in [5, 5.41) is 0. The molecule has 0 saturated carbocycles. The first-order valence-electron chi connectivity index (χ1n) is 3.32. The minimum atomic E-state index is 1.18. The molecular formula is C9H12. The van der Waals surface area contributed by atoms with Crippen LogP contribution in [0.15, 0.2) is 36.0 Å². The Bertz CT molecular complexity index is 170. The van der Waals surface area contributed by atoms with Crippen LogP contribution in [0.1, 0.15) is 19.8 Å². The van der Waals surface area contributed by atoms with E-state index in [-0.39, 0.29) is 0 Å². The van der Waals surface area contributed by atoms with Gasteiger partial charge in [-0.3, -0.25) is 0 Å². The standard InChI is InChI=1S/C9H12/c1-3-9-6-4-5-8(2)7-9/h3,6-7H,1,4-5H2,2H3. The van der Waals surface area contributed by atoms with E-state index in [1.165, 1.54) is 24.0 Å². The van der Waals surface area contributed by atoms with Crippen LogP contribution in [0, 0.1) is 0 Å². The topological polar surface area (TPSA) is 0 Å². The van der Waals surface area contributed by atoms with Crippen LogP contribution in [-0.4, -0.2) is 0 Å². The highest BCUT2D eigenvalue weighted by molar-refractivity contribution is 5.34. The van der Waals surface area contributed by atoms with Crippen LogP contribution in [0.5, 0.6) is 0 Å². The fourth-order valence-corrected chi connectivity index (χ4v) is 1.02. The summed E-state index contributed by atoms with van der Waals surface area (Å²) in [6.45, 7) is 5.87. The smallest absolute Gasteiger partial charge is 0.0285 e. The van der Waals surface area contributed by atoms with Gasteiger partial charge in [0.15, 0.2) is 0 Å². The largest absolute Gasteiger partial charge is 0.0985 e. The Morgan fingerprint density at radius 2 is 2.44 bits per heavy atom. The highest BCUT2D eigenvalue weighted by Gasteiger charge is 1.96. The van der Waals surface area contributed by atoms with Gasteiger partial charge >= 0.3 is 0 Å². The SMILES string of the molecule is C=CC1=CCCC(C)=C1. The molecule has 0 nitrogen and oxygen atoms in total. The van der Waals surface area contributed by atoms with E-state index in [0.29, 0.717) is 0 Å². The van der Waals surface area contributed by atoms with E-state index >= 15 is 0 Å². The van der Waals surface area contributed by atoms with Crippen molar-refractivity contribution in [3.8, 4) is 0 Å². The Morgan fingerprint density at radius 1 is 1.67 bits per heavy atom. The third-order valence-corrected chi connectivity index (χ3v) is 1.57. The molecule has 1 rings (SSSR count). The van der Waals surface area contributed by atoms with Crippen molar-refractivity contribution in [2.75, 3.05) is 0 Å². The zero-order valence-electron chi connectivity index (χ0n) is 5.85. The Balaban J connectivity index is 2.74. The second-order valence-electron chi connectivity index (χ2n) is 2.44. The van der Waals surface area contributed by atoms with Crippen LogP contribution in [-0.2, 0) is 0 Å². The first-order chi connectivity index (χ1) is 4.33. The molecule has 0 aliphatic heterocycles. The Hall–Kier alpha value is -0.780. The summed E-state index contributed by atoms with van der Waals surface area (Å²) in [5.74, 6) is 0. The van der Waals surface area contributed by atoms with Gasteiger partial charge in [0.1, 0.15) is 0 Å². The van der Waals surface area contributed by atoms with Crippen molar-refractivity contribution in [2.45, 2.75) is 19.8 Å². The van der Waals surface area contributed by atoms with Gasteiger partial charge in [0.25, 0.3) is 0 Å². The number of hydrogen-bond acceptors (Lipinski definition) is 0. The van der Waals surface area contributed by atoms with Crippen LogP contribution < -0.4 is 0 Å². The number of rotatable bonds is 1. The lowest BCUT2D eigenvalue weighted by Gasteiger charge is -2.05. The minimum Gasteiger partial charge on any atom is -0.0985 e. The average molecular weight is 120 g/mol. The molecule has 1 aliphatic carbocycles. The first kappa shape index (κ1) is 6.34. The molecular weight excluding hydrogens is 108 g/mol. The van der Waals surface area contributed by atoms with Gasteiger partial charge in [-0.25, -0.2) is 0 Å². The fraction of sp³-hybridized carbons (Fsp3) is 0.333. The fourth-order valence-electron chi connectivity index (χ4n) is 1.02. The lowest BCUT2D eigenvalue weighted by Crippen LogP contribution is -1.85. The third kappa shape index (κ3) is 1.56. The number of hydrogen-bond donors (Lipinski definition) is 0. The molecule has 0 heterocycles. The van der Waals surface area contributed by atoms with Gasteiger partial charge in [0.2, 0.25) is 0 Å². The molecule has 0 amide bonds. The summed E-state index contributed by atoms with van der Waals surface area (Å²) in [6, 6.07) is 0. The Labute approximate surface area is 56.6 Å². The van der Waals surface area contributed by atoms with Crippen LogP contribution in [0.25, 0.3) is 0 Å². The lowest BCUT2D eigenvalue weighted by atomic mass is 10.0. The van der Waals surface area contributed by atoms with Gasteiger partial charge in [-0.2, -0.15) is 0 Å². The van der Waals surface area contributed by atoms with Gasteiger partial charge < -0.3 is 0 Å². The van der Waals surface area contributed by atoms with E-state index in [4.69, 9.17) is 0 Å². The van der Waals surface area contributed by atoms with E-state index in [1.54, 1.807) is 0 Å². The molecule has 0 atom stereocenters. The van der Waals surface area contributed by atoms with Crippen molar-refractivity contribution in [3.05, 3.63) is 36.0 Å². The molecule has 9 heavy (non-hydrogen) atoms. The summed E-state index contributed by atoms with van der Waals surface area (Å²) in [7, 11) is 0. The predicted molar refractivity (Wildman–Crippen MR) is 41.3 cm³/mol. The molecule has 48 valence electrons. The molecule has 0 N–H and O–H groups in total. The van der Waals surface area contributed by atoms with E-state index < -0.39 is 0 Å². The van der Waals surface area contributed by atoms with E-state index in [0.717, 1.165) is 0 Å². The average Bonchev–Trinajstić information content (AvgIpc) is 1.88. The first-order valence-corrected chi connectivity index (χ1v) is 3.32. The van der Waals surface area contributed by atoms with Crippen LogP contribution in [0.4, 0.5) is 0 Å². The summed E-state index contributed by atoms with van der Waals surface area (Å²) < 4.78 is 0. The highest BCUT2D eigenvalue weighted by atomic mass is 14.0. The van der Waals surface area contributed by atoms with Crippen LogP contribution in [0.3, 0.4) is 0 Å². The molecule has 0 spiro atoms. The number of allylic oxidation sites excluding steroid dienone is 5. The second kappa shape index (κ2) is 2.67. The molecule has 1 aliphatic rings. The summed E-state index contributed by atoms with van der Waals surface area (Å²) in [4.78, 5) is 0. The van der Waals surface area contributed by atoms with E-state index in [2.05, 4.69) is 25.7 Å². The van der Waals surface area contributed by atoms with Crippen molar-refractivity contribution in [1.29, 1.82) is 0 Å². The zero-order chi connectivity index (χ0) is 6.69. The van der Waals surface area contributed by atoms with Gasteiger partial charge in [-0.05, 0) is 25.3 Å². The maximum atomic E-state index is 3.71. The van der Waals surface area contributed by atoms with Crippen molar-refractivity contribution in [3.63, 3.8) is 0 Å². The molecule has 0 saturated heterocycles. The van der Waals surface area contributed by atoms with Gasteiger partial charge in [0.05, 0.1) is 0 Å². The normalized spacial score (nSPS) is 18.3. The van der Waals surface area contributed by atoms with Gasteiger partial charge in [-0.1, -0.05) is 30.4 Å². The molecule has 0 heteroatoms. The quantitative estimate of drug-likeness (QED) is 0.499. The maximum absolute atomic E-state index is 3.71. The van der Waals surface area contributed by atoms with Gasteiger partial charge in [-0.15, -0.1) is 0 Å². The third-order valence-electron chi connectivity index (χ3n) is 1.57. The second-order valence-corrected chi connectivity index (χ2v) is 2.44. The summed E-state index contributed by atoms with van der Waals surface area (Å²) in [5.41, 5.74) is 2.74. The Kier molecular flexibility index (Phi) is 1.88. The van der Waals surface area contributed by atoms with E-state index in [9.17, 15) is 0 Å². The predicted octanol–water partition coefficient (Wildman–Crippen LogP) is 2.84. The molecule has 0 radical (unpaired) electrons. The minimum absolute atomic E-state index is 1.18. The molecule has 0 fully saturated rings. The molecule has 0 aromatic carbocycles. The summed E-state index contributed by atoms with van der Waals surface area (Å²) >= 11 is 0. The summed E-state index contributed by atoms with van der Waals surface area (Å²) in [6.07, 6.45) is 8.72. The van der Waals surface area contributed by atoms with E-state index in [1.807, 2.05) is 6.08 Å². The van der Waals surface area contributed by atoms with Crippen LogP contribution >= 0.6 is 0 Å². The maximum Gasteiger partial charge on any atom is -0.0285 e. The van der Waals surface area contributed by atoms with Crippen molar-refractivity contribution in [2.24, 2.45) is 0 Å². The molecule has 0 aromatic heterocycles. The van der Waals surface area contributed by atoms with Crippen molar-refractivity contribution < 1.29 is 0 Å². The van der Waals surface area contributed by atoms with Gasteiger partial charge in [0, 0.05) is 0 Å². The monoisotopic (exact) mass is 120 g/mol. The Morgan fingerprint density at radius 3 is 2.89 bits per heavy atom.